The van der Waals surface area contributed by atoms with Crippen molar-refractivity contribution in [1.82, 2.24) is 4.90 Å². The van der Waals surface area contributed by atoms with Crippen LogP contribution in [0.1, 0.15) is 26.2 Å². The first-order valence-corrected chi connectivity index (χ1v) is 4.69. The van der Waals surface area contributed by atoms with Crippen molar-refractivity contribution in [2.75, 3.05) is 19.6 Å². The molecule has 2 rings (SSSR count). The lowest BCUT2D eigenvalue weighted by Crippen LogP contribution is -2.40. The molecule has 0 radical (unpaired) electrons. The molecule has 0 amide bonds. The molecule has 0 bridgehead atoms. The molecule has 2 aliphatic rings. The summed E-state index contributed by atoms with van der Waals surface area (Å²) in [6, 6.07) is 0. The van der Waals surface area contributed by atoms with E-state index in [1.807, 2.05) is 0 Å². The highest BCUT2D eigenvalue weighted by Crippen LogP contribution is 2.48. The Bertz CT molecular complexity index is 160. The Morgan fingerprint density at radius 1 is 1.64 bits per heavy atom. The third-order valence-corrected chi connectivity index (χ3v) is 3.03. The van der Waals surface area contributed by atoms with E-state index >= 15 is 0 Å². The molecule has 0 unspecified atom stereocenters. The molecule has 1 saturated carbocycles. The van der Waals surface area contributed by atoms with Gasteiger partial charge in [-0.15, -0.1) is 0 Å². The van der Waals surface area contributed by atoms with Gasteiger partial charge in [-0.05, 0) is 38.3 Å². The number of hydrogen-bond acceptors (Lipinski definition) is 2. The normalized spacial score (nSPS) is 43.6. The van der Waals surface area contributed by atoms with Crippen molar-refractivity contribution < 1.29 is 5.11 Å². The van der Waals surface area contributed by atoms with Crippen molar-refractivity contribution in [3.63, 3.8) is 0 Å². The Kier molecular flexibility index (Phi) is 1.69. The zero-order valence-electron chi connectivity index (χ0n) is 7.21. The number of nitrogens with zero attached hydrogens (tertiary/aromatic N) is 1. The second-order valence-corrected chi connectivity index (χ2v) is 4.07. The maximum absolute atomic E-state index is 9.80. The van der Waals surface area contributed by atoms with Crippen LogP contribution in [0.4, 0.5) is 0 Å². The molecule has 1 aliphatic heterocycles. The fourth-order valence-corrected chi connectivity index (χ4v) is 2.24. The number of piperidine rings is 1. The van der Waals surface area contributed by atoms with Gasteiger partial charge in [0.05, 0.1) is 5.60 Å². The van der Waals surface area contributed by atoms with Crippen molar-refractivity contribution in [1.29, 1.82) is 0 Å². The quantitative estimate of drug-likeness (QED) is 0.639. The van der Waals surface area contributed by atoms with Gasteiger partial charge in [0.1, 0.15) is 0 Å². The first-order valence-electron chi connectivity index (χ1n) is 4.69. The topological polar surface area (TPSA) is 23.5 Å². The number of hydrogen-bond donors (Lipinski definition) is 1. The van der Waals surface area contributed by atoms with Crippen LogP contribution in [0.2, 0.25) is 0 Å². The third-order valence-electron chi connectivity index (χ3n) is 3.03. The molecule has 2 fully saturated rings. The van der Waals surface area contributed by atoms with Gasteiger partial charge in [-0.25, -0.2) is 0 Å². The minimum atomic E-state index is -0.257. The van der Waals surface area contributed by atoms with E-state index in [-0.39, 0.29) is 5.60 Å². The molecule has 11 heavy (non-hydrogen) atoms. The monoisotopic (exact) mass is 155 g/mol. The summed E-state index contributed by atoms with van der Waals surface area (Å²) in [4.78, 5) is 2.39. The molecule has 2 atom stereocenters. The van der Waals surface area contributed by atoms with Gasteiger partial charge >= 0.3 is 0 Å². The Morgan fingerprint density at radius 2 is 2.45 bits per heavy atom. The number of aliphatic hydroxyl groups is 1. The van der Waals surface area contributed by atoms with Gasteiger partial charge in [0.15, 0.2) is 0 Å². The predicted octanol–water partition coefficient (Wildman–Crippen LogP) is 0.853. The van der Waals surface area contributed by atoms with Crippen LogP contribution in [0, 0.1) is 5.92 Å². The molecule has 0 aromatic heterocycles. The lowest BCUT2D eigenvalue weighted by molar-refractivity contribution is 0.0504. The van der Waals surface area contributed by atoms with Gasteiger partial charge < -0.3 is 10.0 Å². The lowest BCUT2D eigenvalue weighted by atomic mass is 10.1. The van der Waals surface area contributed by atoms with E-state index in [0.29, 0.717) is 5.92 Å². The maximum atomic E-state index is 9.80. The first kappa shape index (κ1) is 7.56. The summed E-state index contributed by atoms with van der Waals surface area (Å²) in [5.41, 5.74) is -0.257. The van der Waals surface area contributed by atoms with Crippen LogP contribution in [0.15, 0.2) is 0 Å². The SMILES string of the molecule is CCCN1CC[C@@H]2C[C@]2(O)C1. The second kappa shape index (κ2) is 2.46. The van der Waals surface area contributed by atoms with E-state index in [9.17, 15) is 5.11 Å². The Morgan fingerprint density at radius 3 is 3.09 bits per heavy atom. The summed E-state index contributed by atoms with van der Waals surface area (Å²) < 4.78 is 0. The summed E-state index contributed by atoms with van der Waals surface area (Å²) in [5.74, 6) is 0.649. The van der Waals surface area contributed by atoms with Crippen LogP contribution in [0.25, 0.3) is 0 Å². The van der Waals surface area contributed by atoms with E-state index in [2.05, 4.69) is 11.8 Å². The van der Waals surface area contributed by atoms with Crippen LogP contribution < -0.4 is 0 Å². The summed E-state index contributed by atoms with van der Waals surface area (Å²) >= 11 is 0. The van der Waals surface area contributed by atoms with Crippen molar-refractivity contribution >= 4 is 0 Å². The Labute approximate surface area is 68.2 Å². The van der Waals surface area contributed by atoms with E-state index in [4.69, 9.17) is 0 Å². The zero-order chi connectivity index (χ0) is 7.90. The van der Waals surface area contributed by atoms with Gasteiger partial charge in [0, 0.05) is 6.54 Å². The summed E-state index contributed by atoms with van der Waals surface area (Å²) in [6.07, 6.45) is 3.49. The molecule has 1 N–H and O–H groups in total. The number of likely N-dealkylation sites (tertiary alicyclic amines) is 1. The molecule has 0 aromatic rings. The van der Waals surface area contributed by atoms with Crippen molar-refractivity contribution in [2.24, 2.45) is 5.92 Å². The van der Waals surface area contributed by atoms with Crippen LogP contribution in [-0.4, -0.2) is 35.2 Å². The standard InChI is InChI=1S/C9H17NO/c1-2-4-10-5-3-8-6-9(8,11)7-10/h8,11H,2-7H2,1H3/t8-,9+/m1/s1. The minimum Gasteiger partial charge on any atom is -0.388 e. The molecule has 0 aromatic carbocycles. The van der Waals surface area contributed by atoms with Crippen LogP contribution in [-0.2, 0) is 0 Å². The van der Waals surface area contributed by atoms with Crippen molar-refractivity contribution in [2.45, 2.75) is 31.8 Å². The molecule has 0 spiro atoms. The molecule has 64 valence electrons. The maximum Gasteiger partial charge on any atom is 0.0807 e. The van der Waals surface area contributed by atoms with Crippen molar-refractivity contribution in [3.8, 4) is 0 Å². The summed E-state index contributed by atoms with van der Waals surface area (Å²) in [6.45, 7) is 5.50. The largest absolute Gasteiger partial charge is 0.388 e. The highest BCUT2D eigenvalue weighted by atomic mass is 16.3. The fourth-order valence-electron chi connectivity index (χ4n) is 2.24. The molecule has 1 heterocycles. The number of rotatable bonds is 2. The lowest BCUT2D eigenvalue weighted by Gasteiger charge is -2.29. The van der Waals surface area contributed by atoms with Crippen LogP contribution in [0.5, 0.6) is 0 Å². The van der Waals surface area contributed by atoms with Gasteiger partial charge in [0.25, 0.3) is 0 Å². The van der Waals surface area contributed by atoms with Crippen LogP contribution in [0.3, 0.4) is 0 Å². The summed E-state index contributed by atoms with van der Waals surface area (Å²) in [7, 11) is 0. The van der Waals surface area contributed by atoms with Crippen LogP contribution >= 0.6 is 0 Å². The van der Waals surface area contributed by atoms with E-state index in [1.165, 1.54) is 19.4 Å². The second-order valence-electron chi connectivity index (χ2n) is 4.07. The minimum absolute atomic E-state index is 0.257. The van der Waals surface area contributed by atoms with E-state index in [1.54, 1.807) is 0 Å². The van der Waals surface area contributed by atoms with Gasteiger partial charge in [0.2, 0.25) is 0 Å². The van der Waals surface area contributed by atoms with Gasteiger partial charge in [-0.3, -0.25) is 0 Å². The predicted molar refractivity (Wildman–Crippen MR) is 44.4 cm³/mol. The third kappa shape index (κ3) is 1.30. The average Bonchev–Trinajstić information content (AvgIpc) is 2.60. The molecule has 2 nitrogen and oxygen atoms in total. The number of β-amino-alcohol motifs (C(OH)–C–C–N with tert-alkyl or cyclic N) is 1. The number of fused-ring (bicyclic) bond motifs is 1. The molecular weight excluding hydrogens is 138 g/mol. The van der Waals surface area contributed by atoms with Gasteiger partial charge in [-0.1, -0.05) is 6.92 Å². The van der Waals surface area contributed by atoms with Crippen molar-refractivity contribution in [3.05, 3.63) is 0 Å². The average molecular weight is 155 g/mol. The fraction of sp³-hybridized carbons (Fsp3) is 1.00. The zero-order valence-corrected chi connectivity index (χ0v) is 7.21. The molecular formula is C9H17NO. The molecule has 1 saturated heterocycles. The highest BCUT2D eigenvalue weighted by molar-refractivity contribution is 5.08. The Balaban J connectivity index is 1.87. The van der Waals surface area contributed by atoms with Gasteiger partial charge in [-0.2, -0.15) is 0 Å². The van der Waals surface area contributed by atoms with E-state index in [0.717, 1.165) is 19.5 Å². The Hall–Kier alpha value is -0.0800. The van der Waals surface area contributed by atoms with E-state index < -0.39 is 0 Å². The smallest absolute Gasteiger partial charge is 0.0807 e. The molecule has 1 aliphatic carbocycles. The summed E-state index contributed by atoms with van der Waals surface area (Å²) in [5, 5.41) is 9.80. The highest BCUT2D eigenvalue weighted by Gasteiger charge is 2.55. The molecule has 2 heteroatoms. The first-order chi connectivity index (χ1) is 5.24.